The van der Waals surface area contributed by atoms with Gasteiger partial charge in [0.2, 0.25) is 5.79 Å². The van der Waals surface area contributed by atoms with Gasteiger partial charge in [-0.15, -0.1) is 0 Å². The SMILES string of the molecule is CC(CCCN1CCN(c2ccc(OCC3COC(Cn4ccnc4)(c4ccc(Cl)cc4Cl)O3)cc2)CC1)C(=O)O. The van der Waals surface area contributed by atoms with Gasteiger partial charge in [-0.2, -0.15) is 0 Å². The minimum absolute atomic E-state index is 0.281. The summed E-state index contributed by atoms with van der Waals surface area (Å²) in [4.78, 5) is 19.9. The summed E-state index contributed by atoms with van der Waals surface area (Å²) in [6.45, 7) is 7.60. The van der Waals surface area contributed by atoms with Crippen LogP contribution in [0.3, 0.4) is 0 Å². The molecule has 0 radical (unpaired) electrons. The molecule has 2 aliphatic rings. The fourth-order valence-electron chi connectivity index (χ4n) is 5.29. The number of benzene rings is 2. The van der Waals surface area contributed by atoms with Gasteiger partial charge in [0, 0.05) is 54.8 Å². The Bertz CT molecular complexity index is 1280. The molecule has 2 aromatic carbocycles. The molecule has 2 fully saturated rings. The van der Waals surface area contributed by atoms with Crippen molar-refractivity contribution in [3.8, 4) is 5.75 Å². The predicted molar refractivity (Wildman–Crippen MR) is 158 cm³/mol. The molecule has 11 heteroatoms. The molecule has 0 amide bonds. The van der Waals surface area contributed by atoms with E-state index in [4.69, 9.17) is 42.5 Å². The van der Waals surface area contributed by atoms with E-state index >= 15 is 0 Å². The zero-order chi connectivity index (χ0) is 28.8. The summed E-state index contributed by atoms with van der Waals surface area (Å²) in [7, 11) is 0. The highest BCUT2D eigenvalue weighted by Crippen LogP contribution is 2.40. The zero-order valence-electron chi connectivity index (χ0n) is 23.1. The molecule has 3 atom stereocenters. The van der Waals surface area contributed by atoms with Crippen LogP contribution in [0.25, 0.3) is 0 Å². The van der Waals surface area contributed by atoms with E-state index in [0.717, 1.165) is 57.0 Å². The molecule has 3 unspecified atom stereocenters. The van der Waals surface area contributed by atoms with Gasteiger partial charge < -0.3 is 28.8 Å². The molecule has 0 saturated carbocycles. The van der Waals surface area contributed by atoms with Crippen LogP contribution in [0.5, 0.6) is 5.75 Å². The number of imidazole rings is 1. The summed E-state index contributed by atoms with van der Waals surface area (Å²) >= 11 is 12.7. The highest BCUT2D eigenvalue weighted by Gasteiger charge is 2.45. The van der Waals surface area contributed by atoms with E-state index < -0.39 is 11.8 Å². The number of rotatable bonds is 12. The summed E-state index contributed by atoms with van der Waals surface area (Å²) in [6.07, 6.45) is 6.61. The predicted octanol–water partition coefficient (Wildman–Crippen LogP) is 5.16. The molecule has 3 aromatic rings. The van der Waals surface area contributed by atoms with E-state index in [2.05, 4.69) is 26.9 Å². The van der Waals surface area contributed by atoms with E-state index in [-0.39, 0.29) is 12.0 Å². The quantitative estimate of drug-likeness (QED) is 0.304. The highest BCUT2D eigenvalue weighted by atomic mass is 35.5. The van der Waals surface area contributed by atoms with Gasteiger partial charge in [0.1, 0.15) is 18.5 Å². The number of aromatic nitrogens is 2. The first-order chi connectivity index (χ1) is 19.8. The number of carboxylic acids is 1. The number of carbonyl (C=O) groups is 1. The van der Waals surface area contributed by atoms with E-state index in [0.29, 0.717) is 35.4 Å². The lowest BCUT2D eigenvalue weighted by Crippen LogP contribution is -2.46. The molecule has 0 aliphatic carbocycles. The molecule has 3 heterocycles. The van der Waals surface area contributed by atoms with E-state index in [1.54, 1.807) is 31.6 Å². The number of piperazine rings is 1. The molecule has 1 aromatic heterocycles. The van der Waals surface area contributed by atoms with Gasteiger partial charge in [-0.25, -0.2) is 4.98 Å². The molecular formula is C30H36Cl2N4O5. The first-order valence-electron chi connectivity index (χ1n) is 14.0. The molecule has 2 saturated heterocycles. The van der Waals surface area contributed by atoms with E-state index in [1.807, 2.05) is 29.0 Å². The summed E-state index contributed by atoms with van der Waals surface area (Å²) in [6, 6.07) is 13.4. The van der Waals surface area contributed by atoms with Gasteiger partial charge in [0.25, 0.3) is 0 Å². The summed E-state index contributed by atoms with van der Waals surface area (Å²) < 4.78 is 20.7. The number of hydrogen-bond donors (Lipinski definition) is 1. The van der Waals surface area contributed by atoms with Crippen molar-refractivity contribution in [2.75, 3.05) is 50.8 Å². The Kier molecular flexibility index (Phi) is 9.72. The van der Waals surface area contributed by atoms with Crippen molar-refractivity contribution < 1.29 is 24.1 Å². The van der Waals surface area contributed by atoms with Gasteiger partial charge in [-0.3, -0.25) is 9.69 Å². The lowest BCUT2D eigenvalue weighted by atomic mass is 10.1. The van der Waals surface area contributed by atoms with E-state index in [9.17, 15) is 4.79 Å². The second kappa shape index (κ2) is 13.4. The number of hydrogen-bond acceptors (Lipinski definition) is 7. The summed E-state index contributed by atoms with van der Waals surface area (Å²) in [5.74, 6) is -1.32. The van der Waals surface area contributed by atoms with Crippen LogP contribution in [0.15, 0.2) is 61.2 Å². The van der Waals surface area contributed by atoms with Crippen molar-refractivity contribution in [2.24, 2.45) is 5.92 Å². The number of carboxylic acid groups (broad SMARTS) is 1. The molecule has 9 nitrogen and oxygen atoms in total. The summed E-state index contributed by atoms with van der Waals surface area (Å²) in [5, 5.41) is 10.1. The van der Waals surface area contributed by atoms with Crippen LogP contribution >= 0.6 is 23.2 Å². The third-order valence-electron chi connectivity index (χ3n) is 7.69. The van der Waals surface area contributed by atoms with Crippen LogP contribution in [0, 0.1) is 5.92 Å². The normalized spacial score (nSPS) is 22.1. The number of ether oxygens (including phenoxy) is 3. The van der Waals surface area contributed by atoms with Crippen LogP contribution in [-0.2, 0) is 26.6 Å². The molecule has 0 spiro atoms. The molecule has 41 heavy (non-hydrogen) atoms. The Morgan fingerprint density at radius 1 is 1.17 bits per heavy atom. The lowest BCUT2D eigenvalue weighted by Gasteiger charge is -2.36. The fourth-order valence-corrected chi connectivity index (χ4v) is 5.84. The minimum Gasteiger partial charge on any atom is -0.491 e. The number of aliphatic carboxylic acids is 1. The number of halogens is 2. The average molecular weight is 604 g/mol. The van der Waals surface area contributed by atoms with Crippen LogP contribution in [-0.4, -0.2) is 77.6 Å². The monoisotopic (exact) mass is 602 g/mol. The van der Waals surface area contributed by atoms with Gasteiger partial charge in [0.05, 0.1) is 30.4 Å². The van der Waals surface area contributed by atoms with Crippen molar-refractivity contribution in [1.29, 1.82) is 0 Å². The second-order valence-corrected chi connectivity index (χ2v) is 11.5. The first-order valence-corrected chi connectivity index (χ1v) is 14.7. The minimum atomic E-state index is -1.09. The Morgan fingerprint density at radius 2 is 1.95 bits per heavy atom. The van der Waals surface area contributed by atoms with Gasteiger partial charge in [0.15, 0.2) is 0 Å². The third-order valence-corrected chi connectivity index (χ3v) is 8.24. The van der Waals surface area contributed by atoms with Crippen molar-refractivity contribution >= 4 is 34.9 Å². The largest absolute Gasteiger partial charge is 0.491 e. The lowest BCUT2D eigenvalue weighted by molar-refractivity contribution is -0.189. The molecule has 5 rings (SSSR count). The van der Waals surface area contributed by atoms with Gasteiger partial charge in [-0.1, -0.05) is 36.2 Å². The Morgan fingerprint density at radius 3 is 2.63 bits per heavy atom. The van der Waals surface area contributed by atoms with Crippen LogP contribution in [0.2, 0.25) is 10.0 Å². The first kappa shape index (κ1) is 29.7. The zero-order valence-corrected chi connectivity index (χ0v) is 24.6. The Hall–Kier alpha value is -2.82. The molecule has 0 bridgehead atoms. The van der Waals surface area contributed by atoms with Crippen molar-refractivity contribution in [3.05, 3.63) is 76.8 Å². The van der Waals surface area contributed by atoms with Crippen molar-refractivity contribution in [1.82, 2.24) is 14.5 Å². The van der Waals surface area contributed by atoms with Crippen LogP contribution in [0.4, 0.5) is 5.69 Å². The van der Waals surface area contributed by atoms with Crippen molar-refractivity contribution in [3.63, 3.8) is 0 Å². The van der Waals surface area contributed by atoms with E-state index in [1.165, 1.54) is 0 Å². The van der Waals surface area contributed by atoms with Crippen molar-refractivity contribution in [2.45, 2.75) is 38.2 Å². The average Bonchev–Trinajstić information content (AvgIpc) is 3.63. The second-order valence-electron chi connectivity index (χ2n) is 10.7. The fraction of sp³-hybridized carbons (Fsp3) is 0.467. The standard InChI is InChI=1S/C30H36Cl2N4O5/c1-22(29(37)38)3-2-11-34-13-15-36(16-14-34)24-5-7-25(8-6-24)39-18-26-19-40-30(41-26,20-35-12-10-33-21-35)27-9-4-23(31)17-28(27)32/h4-10,12,17,21-22,26H,2-3,11,13-16,18-20H2,1H3,(H,37,38). The van der Waals surface area contributed by atoms with Crippen LogP contribution < -0.4 is 9.64 Å². The van der Waals surface area contributed by atoms with Crippen LogP contribution in [0.1, 0.15) is 25.3 Å². The van der Waals surface area contributed by atoms with Gasteiger partial charge >= 0.3 is 5.97 Å². The van der Waals surface area contributed by atoms with Gasteiger partial charge in [-0.05, 0) is 55.8 Å². The maximum atomic E-state index is 11.0. The molecular weight excluding hydrogens is 567 g/mol. The molecule has 1 N–H and O–H groups in total. The third kappa shape index (κ3) is 7.53. The maximum absolute atomic E-state index is 11.0. The Labute approximate surface area is 250 Å². The highest BCUT2D eigenvalue weighted by molar-refractivity contribution is 6.35. The smallest absolute Gasteiger partial charge is 0.306 e. The number of anilines is 1. The summed E-state index contributed by atoms with van der Waals surface area (Å²) in [5.41, 5.74) is 1.87. The number of nitrogens with zero attached hydrogens (tertiary/aromatic N) is 4. The maximum Gasteiger partial charge on any atom is 0.306 e. The topological polar surface area (TPSA) is 89.3 Å². The molecule has 220 valence electrons. The molecule has 2 aliphatic heterocycles. The Balaban J connectivity index is 1.12.